The van der Waals surface area contributed by atoms with Gasteiger partial charge in [0.25, 0.3) is 0 Å². The summed E-state index contributed by atoms with van der Waals surface area (Å²) >= 11 is 0. The molecular weight excluding hydrogens is 274 g/mol. The van der Waals surface area contributed by atoms with E-state index >= 15 is 0 Å². The van der Waals surface area contributed by atoms with Gasteiger partial charge in [-0.05, 0) is 33.6 Å². The Morgan fingerprint density at radius 2 is 1.81 bits per heavy atom. The Bertz CT molecular complexity index is 337. The van der Waals surface area contributed by atoms with Gasteiger partial charge in [0.1, 0.15) is 5.60 Å². The highest BCUT2D eigenvalue weighted by atomic mass is 16.6. The van der Waals surface area contributed by atoms with E-state index in [0.717, 1.165) is 6.42 Å². The Balaban J connectivity index is 4.72. The number of carbonyl (C=O) groups excluding carboxylic acids is 2. The van der Waals surface area contributed by atoms with Gasteiger partial charge in [-0.25, -0.2) is 4.79 Å². The molecule has 0 spiro atoms. The lowest BCUT2D eigenvalue weighted by atomic mass is 9.93. The number of amides is 1. The van der Waals surface area contributed by atoms with Crippen molar-refractivity contribution >= 4 is 12.1 Å². The largest absolute Gasteiger partial charge is 0.466 e. The topological polar surface area (TPSA) is 84.9 Å². The molecule has 0 radical (unpaired) electrons. The van der Waals surface area contributed by atoms with E-state index in [-0.39, 0.29) is 18.9 Å². The Morgan fingerprint density at radius 3 is 2.24 bits per heavy atom. The van der Waals surface area contributed by atoms with Gasteiger partial charge in [0.15, 0.2) is 0 Å². The summed E-state index contributed by atoms with van der Waals surface area (Å²) in [6.07, 6.45) is -1.01. The van der Waals surface area contributed by atoms with Crippen LogP contribution in [0, 0.1) is 5.92 Å². The highest BCUT2D eigenvalue weighted by molar-refractivity contribution is 5.71. The lowest BCUT2D eigenvalue weighted by Gasteiger charge is -2.30. The molecule has 1 amide bonds. The molecule has 6 heteroatoms. The summed E-state index contributed by atoms with van der Waals surface area (Å²) in [4.78, 5) is 23.3. The van der Waals surface area contributed by atoms with Gasteiger partial charge in [-0.15, -0.1) is 0 Å². The van der Waals surface area contributed by atoms with Crippen LogP contribution in [0.1, 0.15) is 54.4 Å². The first-order chi connectivity index (χ1) is 9.60. The summed E-state index contributed by atoms with van der Waals surface area (Å²) in [5, 5.41) is 12.8. The molecule has 0 saturated carbocycles. The maximum atomic E-state index is 11.8. The lowest BCUT2D eigenvalue weighted by molar-refractivity contribution is -0.146. The molecule has 0 unspecified atom stereocenters. The van der Waals surface area contributed by atoms with Crippen LogP contribution in [0.4, 0.5) is 4.79 Å². The van der Waals surface area contributed by atoms with Crippen LogP contribution in [-0.4, -0.2) is 41.5 Å². The quantitative estimate of drug-likeness (QED) is 0.705. The highest BCUT2D eigenvalue weighted by Crippen LogP contribution is 2.16. The van der Waals surface area contributed by atoms with Gasteiger partial charge < -0.3 is 19.9 Å². The minimum Gasteiger partial charge on any atom is -0.466 e. The van der Waals surface area contributed by atoms with Crippen LogP contribution in [-0.2, 0) is 14.3 Å². The normalized spacial score (nSPS) is 15.8. The molecule has 0 aliphatic rings. The number of aliphatic hydroxyl groups excluding tert-OH is 1. The maximum absolute atomic E-state index is 11.8. The average Bonchev–Trinajstić information content (AvgIpc) is 2.32. The first kappa shape index (κ1) is 19.7. The Labute approximate surface area is 127 Å². The first-order valence-corrected chi connectivity index (χ1v) is 7.43. The molecule has 124 valence electrons. The average molecular weight is 303 g/mol. The van der Waals surface area contributed by atoms with Crippen molar-refractivity contribution in [3.8, 4) is 0 Å². The third-order valence-electron chi connectivity index (χ3n) is 3.04. The molecule has 3 atom stereocenters. The van der Waals surface area contributed by atoms with Crippen molar-refractivity contribution in [3.63, 3.8) is 0 Å². The van der Waals surface area contributed by atoms with Crippen molar-refractivity contribution in [1.29, 1.82) is 0 Å². The number of carbonyl (C=O) groups is 2. The summed E-state index contributed by atoms with van der Waals surface area (Å²) in [6.45, 7) is 11.1. The second kappa shape index (κ2) is 8.87. The Morgan fingerprint density at radius 1 is 1.24 bits per heavy atom. The molecule has 0 aromatic carbocycles. The number of aliphatic hydroxyl groups is 1. The van der Waals surface area contributed by atoms with E-state index in [1.807, 2.05) is 13.8 Å². The molecule has 0 aromatic rings. The van der Waals surface area contributed by atoms with Gasteiger partial charge in [-0.3, -0.25) is 4.79 Å². The second-order valence-corrected chi connectivity index (χ2v) is 6.13. The molecule has 0 fully saturated rings. The van der Waals surface area contributed by atoms with Gasteiger partial charge in [0, 0.05) is 0 Å². The van der Waals surface area contributed by atoms with Crippen LogP contribution >= 0.6 is 0 Å². The minimum atomic E-state index is -1.01. The van der Waals surface area contributed by atoms with E-state index in [1.165, 1.54) is 0 Å². The zero-order valence-corrected chi connectivity index (χ0v) is 13.9. The number of esters is 1. The third kappa shape index (κ3) is 8.55. The molecule has 2 N–H and O–H groups in total. The van der Waals surface area contributed by atoms with Gasteiger partial charge in [0.2, 0.25) is 0 Å². The fourth-order valence-corrected chi connectivity index (χ4v) is 1.83. The predicted octanol–water partition coefficient (Wildman–Crippen LogP) is 2.24. The number of nitrogens with one attached hydrogen (secondary N) is 1. The molecule has 6 nitrogen and oxygen atoms in total. The number of hydrogen-bond donors (Lipinski definition) is 2. The van der Waals surface area contributed by atoms with E-state index in [4.69, 9.17) is 9.47 Å². The molecular formula is C15H29NO5. The monoisotopic (exact) mass is 303 g/mol. The van der Waals surface area contributed by atoms with E-state index in [9.17, 15) is 14.7 Å². The third-order valence-corrected chi connectivity index (χ3v) is 3.04. The summed E-state index contributed by atoms with van der Waals surface area (Å²) in [7, 11) is 0. The zero-order chi connectivity index (χ0) is 16.6. The first-order valence-electron chi connectivity index (χ1n) is 7.43. The molecule has 0 aromatic heterocycles. The molecule has 0 saturated heterocycles. The lowest BCUT2D eigenvalue weighted by Crippen LogP contribution is -2.49. The van der Waals surface area contributed by atoms with Crippen molar-refractivity contribution in [2.24, 2.45) is 5.92 Å². The maximum Gasteiger partial charge on any atom is 0.407 e. The van der Waals surface area contributed by atoms with Crippen LogP contribution in [0.15, 0.2) is 0 Å². The van der Waals surface area contributed by atoms with Crippen LogP contribution < -0.4 is 5.32 Å². The van der Waals surface area contributed by atoms with E-state index < -0.39 is 29.8 Å². The van der Waals surface area contributed by atoms with Gasteiger partial charge in [-0.2, -0.15) is 0 Å². The van der Waals surface area contributed by atoms with Crippen molar-refractivity contribution in [1.82, 2.24) is 5.32 Å². The van der Waals surface area contributed by atoms with Crippen molar-refractivity contribution in [3.05, 3.63) is 0 Å². The second-order valence-electron chi connectivity index (χ2n) is 6.13. The number of hydrogen-bond acceptors (Lipinski definition) is 5. The molecule has 0 aliphatic heterocycles. The Hall–Kier alpha value is -1.30. The fourth-order valence-electron chi connectivity index (χ4n) is 1.83. The van der Waals surface area contributed by atoms with Crippen LogP contribution in [0.3, 0.4) is 0 Å². The summed E-state index contributed by atoms with van der Waals surface area (Å²) in [6, 6.07) is -0.561. The smallest absolute Gasteiger partial charge is 0.407 e. The number of ether oxygens (including phenoxy) is 2. The summed E-state index contributed by atoms with van der Waals surface area (Å²) in [5.41, 5.74) is -0.615. The molecule has 0 aliphatic carbocycles. The molecule has 0 heterocycles. The Kier molecular flexibility index (Phi) is 8.32. The van der Waals surface area contributed by atoms with Crippen LogP contribution in [0.25, 0.3) is 0 Å². The van der Waals surface area contributed by atoms with E-state index in [2.05, 4.69) is 5.32 Å². The molecule has 0 rings (SSSR count). The van der Waals surface area contributed by atoms with E-state index in [0.29, 0.717) is 0 Å². The standard InChI is InChI=1S/C15H29NO5/c1-7-10(3)13(11(17)9-12(18)20-8-2)16-14(19)21-15(4,5)6/h10-11,13,17H,7-9H2,1-6H3,(H,16,19)/t10-,11-,13-/m0/s1. The number of rotatable bonds is 7. The van der Waals surface area contributed by atoms with Crippen molar-refractivity contribution < 1.29 is 24.2 Å². The van der Waals surface area contributed by atoms with Crippen LogP contribution in [0.5, 0.6) is 0 Å². The molecule has 0 bridgehead atoms. The zero-order valence-electron chi connectivity index (χ0n) is 13.9. The minimum absolute atomic E-state index is 0.00180. The van der Waals surface area contributed by atoms with Gasteiger partial charge in [-0.1, -0.05) is 20.3 Å². The SMILES string of the molecule is CCOC(=O)C[C@H](O)[C@@H](NC(=O)OC(C)(C)C)[C@@H](C)CC. The van der Waals surface area contributed by atoms with E-state index in [1.54, 1.807) is 27.7 Å². The van der Waals surface area contributed by atoms with Crippen molar-refractivity contribution in [2.45, 2.75) is 72.1 Å². The summed E-state index contributed by atoms with van der Waals surface area (Å²) in [5.74, 6) is -0.480. The fraction of sp³-hybridized carbons (Fsp3) is 0.867. The highest BCUT2D eigenvalue weighted by Gasteiger charge is 2.30. The summed E-state index contributed by atoms with van der Waals surface area (Å²) < 4.78 is 10.0. The predicted molar refractivity (Wildman–Crippen MR) is 79.9 cm³/mol. The van der Waals surface area contributed by atoms with Crippen molar-refractivity contribution in [2.75, 3.05) is 6.61 Å². The molecule has 21 heavy (non-hydrogen) atoms. The van der Waals surface area contributed by atoms with Crippen LogP contribution in [0.2, 0.25) is 0 Å². The van der Waals surface area contributed by atoms with Gasteiger partial charge >= 0.3 is 12.1 Å². The van der Waals surface area contributed by atoms with Gasteiger partial charge in [0.05, 0.1) is 25.2 Å². The number of alkyl carbamates (subject to hydrolysis) is 1.